The van der Waals surface area contributed by atoms with Crippen molar-refractivity contribution in [2.45, 2.75) is 19.1 Å². The fraction of sp³-hybridized carbons (Fsp3) is 0.389. The molecule has 9 heteroatoms. The van der Waals surface area contributed by atoms with Crippen molar-refractivity contribution in [1.82, 2.24) is 20.0 Å². The van der Waals surface area contributed by atoms with Gasteiger partial charge in [-0.15, -0.1) is 0 Å². The minimum Gasteiger partial charge on any atom is -0.377 e. The first-order valence-corrected chi connectivity index (χ1v) is 8.76. The maximum atomic E-state index is 12.6. The van der Waals surface area contributed by atoms with E-state index in [1.165, 1.54) is 0 Å². The number of aromatic amines is 1. The number of hydrogen-bond acceptors (Lipinski definition) is 6. The van der Waals surface area contributed by atoms with Gasteiger partial charge in [-0.25, -0.2) is 4.79 Å². The zero-order valence-corrected chi connectivity index (χ0v) is 15.0. The number of methoxy groups -OCH3 is 1. The second-order valence-electron chi connectivity index (χ2n) is 6.39. The van der Waals surface area contributed by atoms with Crippen LogP contribution in [0.3, 0.4) is 0 Å². The number of benzene rings is 1. The highest BCUT2D eigenvalue weighted by Crippen LogP contribution is 2.19. The van der Waals surface area contributed by atoms with Gasteiger partial charge in [0.1, 0.15) is 6.61 Å². The van der Waals surface area contributed by atoms with Crippen LogP contribution in [-0.2, 0) is 22.5 Å². The van der Waals surface area contributed by atoms with Crippen LogP contribution in [0.5, 0.6) is 0 Å². The number of anilines is 1. The van der Waals surface area contributed by atoms with Gasteiger partial charge >= 0.3 is 6.03 Å². The number of nitrogens with zero attached hydrogens (tertiary/aromatic N) is 3. The van der Waals surface area contributed by atoms with Crippen molar-refractivity contribution in [1.29, 1.82) is 0 Å². The van der Waals surface area contributed by atoms with E-state index in [9.17, 15) is 4.79 Å². The number of H-pyrrole nitrogens is 1. The average molecular weight is 371 g/mol. The second-order valence-corrected chi connectivity index (χ2v) is 6.39. The Morgan fingerprint density at radius 1 is 1.44 bits per heavy atom. The maximum absolute atomic E-state index is 12.6. The lowest BCUT2D eigenvalue weighted by molar-refractivity contribution is -0.0148. The number of nitrogens with one attached hydrogen (secondary N) is 2. The lowest BCUT2D eigenvalue weighted by atomic mass is 10.2. The van der Waals surface area contributed by atoms with E-state index < -0.39 is 0 Å². The lowest BCUT2D eigenvalue weighted by Gasteiger charge is -2.32. The van der Waals surface area contributed by atoms with Crippen molar-refractivity contribution >= 4 is 22.6 Å². The summed E-state index contributed by atoms with van der Waals surface area (Å²) in [4.78, 5) is 21.7. The summed E-state index contributed by atoms with van der Waals surface area (Å²) >= 11 is 0. The summed E-state index contributed by atoms with van der Waals surface area (Å²) < 4.78 is 15.9. The number of ether oxygens (including phenoxy) is 2. The first-order valence-electron chi connectivity index (χ1n) is 8.76. The Kier molecular flexibility index (Phi) is 5.03. The van der Waals surface area contributed by atoms with Crippen LogP contribution in [0, 0.1) is 0 Å². The number of hydrogen-bond donors (Lipinski definition) is 2. The predicted molar refractivity (Wildman–Crippen MR) is 97.3 cm³/mol. The Morgan fingerprint density at radius 2 is 2.37 bits per heavy atom. The molecule has 1 aliphatic rings. The molecule has 2 aromatic heterocycles. The maximum Gasteiger partial charge on any atom is 0.322 e. The highest BCUT2D eigenvalue weighted by Gasteiger charge is 2.26. The lowest BCUT2D eigenvalue weighted by Crippen LogP contribution is -2.48. The Bertz CT molecular complexity index is 921. The smallest absolute Gasteiger partial charge is 0.322 e. The van der Waals surface area contributed by atoms with Crippen LogP contribution < -0.4 is 5.32 Å². The van der Waals surface area contributed by atoms with E-state index >= 15 is 0 Å². The van der Waals surface area contributed by atoms with Crippen molar-refractivity contribution in [2.75, 3.05) is 32.1 Å². The Labute approximate surface area is 155 Å². The molecule has 27 heavy (non-hydrogen) atoms. The fourth-order valence-corrected chi connectivity index (χ4v) is 3.12. The molecule has 4 rings (SSSR count). The average Bonchev–Trinajstić information content (AvgIpc) is 3.31. The van der Waals surface area contributed by atoms with Gasteiger partial charge in [0.2, 0.25) is 5.89 Å². The molecule has 1 fully saturated rings. The van der Waals surface area contributed by atoms with Crippen molar-refractivity contribution in [3.63, 3.8) is 0 Å². The van der Waals surface area contributed by atoms with E-state index in [0.29, 0.717) is 44.4 Å². The van der Waals surface area contributed by atoms with E-state index in [2.05, 4.69) is 20.4 Å². The highest BCUT2D eigenvalue weighted by atomic mass is 16.5. The zero-order chi connectivity index (χ0) is 18.6. The Morgan fingerprint density at radius 3 is 3.26 bits per heavy atom. The molecule has 0 saturated carbocycles. The largest absolute Gasteiger partial charge is 0.377 e. The second kappa shape index (κ2) is 7.77. The molecule has 0 bridgehead atoms. The first kappa shape index (κ1) is 17.5. The number of carbonyl (C=O) groups excluding carboxylic acids is 1. The van der Waals surface area contributed by atoms with Crippen molar-refractivity contribution in [3.05, 3.63) is 42.2 Å². The number of morpholine rings is 1. The number of aromatic nitrogens is 3. The summed E-state index contributed by atoms with van der Waals surface area (Å²) in [7, 11) is 1.57. The van der Waals surface area contributed by atoms with E-state index in [1.807, 2.05) is 30.5 Å². The van der Waals surface area contributed by atoms with Gasteiger partial charge in [-0.1, -0.05) is 5.16 Å². The SMILES string of the molecule is COCc1noc(CC2CN(C(=O)Nc3ccc4[nH]ccc4c3)CCO2)n1. The first-order chi connectivity index (χ1) is 13.2. The van der Waals surface area contributed by atoms with E-state index in [0.717, 1.165) is 16.6 Å². The van der Waals surface area contributed by atoms with Crippen LogP contribution in [-0.4, -0.2) is 59.0 Å². The van der Waals surface area contributed by atoms with Gasteiger partial charge in [0, 0.05) is 43.0 Å². The minimum absolute atomic E-state index is 0.149. The van der Waals surface area contributed by atoms with Crippen molar-refractivity contribution in [2.24, 2.45) is 0 Å². The van der Waals surface area contributed by atoms with Gasteiger partial charge < -0.3 is 29.2 Å². The molecular weight excluding hydrogens is 350 g/mol. The van der Waals surface area contributed by atoms with Crippen LogP contribution in [0.15, 0.2) is 35.0 Å². The molecule has 3 aromatic rings. The molecule has 2 amide bonds. The third-order valence-electron chi connectivity index (χ3n) is 4.42. The predicted octanol–water partition coefficient (Wildman–Crippen LogP) is 2.17. The van der Waals surface area contributed by atoms with E-state index in [-0.39, 0.29) is 12.1 Å². The number of carbonyl (C=O) groups is 1. The Hall–Kier alpha value is -2.91. The summed E-state index contributed by atoms with van der Waals surface area (Å²) in [5.74, 6) is 0.977. The van der Waals surface area contributed by atoms with Gasteiger partial charge in [-0.05, 0) is 24.3 Å². The van der Waals surface area contributed by atoms with Gasteiger partial charge in [0.25, 0.3) is 0 Å². The third kappa shape index (κ3) is 4.09. The quantitative estimate of drug-likeness (QED) is 0.712. The van der Waals surface area contributed by atoms with Crippen LogP contribution in [0.1, 0.15) is 11.7 Å². The fourth-order valence-electron chi connectivity index (χ4n) is 3.12. The topological polar surface area (TPSA) is 106 Å². The molecule has 1 atom stereocenters. The highest BCUT2D eigenvalue weighted by molar-refractivity contribution is 5.92. The van der Waals surface area contributed by atoms with E-state index in [4.69, 9.17) is 14.0 Å². The van der Waals surface area contributed by atoms with Crippen molar-refractivity contribution in [3.8, 4) is 0 Å². The van der Waals surface area contributed by atoms with Gasteiger partial charge in [0.15, 0.2) is 5.82 Å². The molecule has 0 aliphatic carbocycles. The monoisotopic (exact) mass is 371 g/mol. The molecule has 1 saturated heterocycles. The molecule has 0 radical (unpaired) electrons. The summed E-state index contributed by atoms with van der Waals surface area (Å²) in [6.07, 6.45) is 2.14. The molecule has 142 valence electrons. The number of amides is 2. The summed E-state index contributed by atoms with van der Waals surface area (Å²) in [5.41, 5.74) is 1.79. The molecule has 1 unspecified atom stereocenters. The molecule has 1 aliphatic heterocycles. The van der Waals surface area contributed by atoms with Crippen LogP contribution in [0.25, 0.3) is 10.9 Å². The standard InChI is InChI=1S/C18H21N5O4/c1-25-11-16-21-17(27-22-16)9-14-10-23(6-7-26-14)18(24)20-13-2-3-15-12(8-13)4-5-19-15/h2-5,8,14,19H,6-7,9-11H2,1H3,(H,20,24). The minimum atomic E-state index is -0.188. The summed E-state index contributed by atoms with van der Waals surface area (Å²) in [5, 5.41) is 7.84. The van der Waals surface area contributed by atoms with Crippen LogP contribution in [0.4, 0.5) is 10.5 Å². The molecular formula is C18H21N5O4. The normalized spacial score (nSPS) is 17.4. The molecule has 9 nitrogen and oxygen atoms in total. The third-order valence-corrected chi connectivity index (χ3v) is 4.42. The van der Waals surface area contributed by atoms with Gasteiger partial charge in [-0.3, -0.25) is 0 Å². The van der Waals surface area contributed by atoms with Crippen LogP contribution in [0.2, 0.25) is 0 Å². The number of fused-ring (bicyclic) bond motifs is 1. The number of rotatable bonds is 5. The van der Waals surface area contributed by atoms with E-state index in [1.54, 1.807) is 12.0 Å². The molecule has 1 aromatic carbocycles. The zero-order valence-electron chi connectivity index (χ0n) is 15.0. The van der Waals surface area contributed by atoms with Crippen LogP contribution >= 0.6 is 0 Å². The molecule has 0 spiro atoms. The summed E-state index contributed by atoms with van der Waals surface area (Å²) in [6.45, 7) is 1.76. The Balaban J connectivity index is 1.35. The molecule has 3 heterocycles. The number of urea groups is 1. The summed E-state index contributed by atoms with van der Waals surface area (Å²) in [6, 6.07) is 7.59. The van der Waals surface area contributed by atoms with Gasteiger partial charge in [0.05, 0.1) is 19.1 Å². The van der Waals surface area contributed by atoms with Gasteiger partial charge in [-0.2, -0.15) is 4.98 Å². The van der Waals surface area contributed by atoms with Crippen molar-refractivity contribution < 1.29 is 18.8 Å². The molecule has 2 N–H and O–H groups in total.